The summed E-state index contributed by atoms with van der Waals surface area (Å²) in [6, 6.07) is 2.66. The Balaban J connectivity index is 0.000000298. The lowest BCUT2D eigenvalue weighted by Crippen LogP contribution is -2.28. The molecule has 2 aromatic heterocycles. The zero-order chi connectivity index (χ0) is 20.9. The van der Waals surface area contributed by atoms with Gasteiger partial charge >= 0.3 is 12.1 Å². The summed E-state index contributed by atoms with van der Waals surface area (Å²) in [6.45, 7) is 3.03. The maximum Gasteiger partial charge on any atom is 0.490 e. The lowest BCUT2D eigenvalue weighted by molar-refractivity contribution is -0.192. The molecule has 10 heteroatoms. The number of anilines is 1. The number of hydrogen-bond acceptors (Lipinski definition) is 6. The van der Waals surface area contributed by atoms with Crippen LogP contribution in [0.15, 0.2) is 29.3 Å². The highest BCUT2D eigenvalue weighted by Crippen LogP contribution is 2.26. The van der Waals surface area contributed by atoms with Gasteiger partial charge in [0, 0.05) is 43.2 Å². The van der Waals surface area contributed by atoms with Crippen LogP contribution in [0.1, 0.15) is 36.1 Å². The molecule has 3 heterocycles. The zero-order valence-electron chi connectivity index (χ0n) is 15.8. The Bertz CT molecular complexity index is 808. The standard InChI is InChI=1S/C17H22N4O.C2HF3O2/c1-2-14(3-1)20-17-15-4-7-21(10-13-6-9-22-11-13)8-5-16(15)18-12-19-17;3-2(4,5)1(6)7/h6,9,11-12,14H,1-5,7-8,10H2,(H,18,19,20);(H,6,7). The van der Waals surface area contributed by atoms with Gasteiger partial charge < -0.3 is 14.8 Å². The van der Waals surface area contributed by atoms with E-state index >= 15 is 0 Å². The smallest absolute Gasteiger partial charge is 0.475 e. The minimum atomic E-state index is -5.08. The lowest BCUT2D eigenvalue weighted by Gasteiger charge is -2.28. The van der Waals surface area contributed by atoms with Gasteiger partial charge in [-0.2, -0.15) is 13.2 Å². The van der Waals surface area contributed by atoms with Crippen LogP contribution in [-0.2, 0) is 24.2 Å². The molecule has 0 unspecified atom stereocenters. The second-order valence-electron chi connectivity index (χ2n) is 7.13. The number of halogens is 3. The number of alkyl halides is 3. The maximum atomic E-state index is 10.6. The predicted molar refractivity (Wildman–Crippen MR) is 98.4 cm³/mol. The molecule has 4 rings (SSSR count). The number of rotatable bonds is 4. The van der Waals surface area contributed by atoms with Crippen LogP contribution in [-0.4, -0.2) is 51.3 Å². The fourth-order valence-electron chi connectivity index (χ4n) is 3.24. The number of hydrogen-bond donors (Lipinski definition) is 2. The average Bonchev–Trinajstić information content (AvgIpc) is 3.05. The Morgan fingerprint density at radius 1 is 1.28 bits per heavy atom. The highest BCUT2D eigenvalue weighted by Gasteiger charge is 2.38. The van der Waals surface area contributed by atoms with Gasteiger partial charge in [-0.05, 0) is 31.7 Å². The van der Waals surface area contributed by atoms with Gasteiger partial charge in [-0.25, -0.2) is 14.8 Å². The summed E-state index contributed by atoms with van der Waals surface area (Å²) in [5.74, 6) is -1.69. The summed E-state index contributed by atoms with van der Waals surface area (Å²) in [6.07, 6.45) is 6.10. The minimum absolute atomic E-state index is 0.615. The van der Waals surface area contributed by atoms with Crippen molar-refractivity contribution >= 4 is 11.8 Å². The maximum absolute atomic E-state index is 10.6. The summed E-state index contributed by atoms with van der Waals surface area (Å²) in [4.78, 5) is 20.4. The molecule has 1 saturated carbocycles. The second-order valence-corrected chi connectivity index (χ2v) is 7.13. The summed E-state index contributed by atoms with van der Waals surface area (Å²) in [5.41, 5.74) is 3.78. The van der Waals surface area contributed by atoms with Gasteiger partial charge in [0.15, 0.2) is 0 Å². The van der Waals surface area contributed by atoms with Crippen LogP contribution >= 0.6 is 0 Å². The Morgan fingerprint density at radius 3 is 2.59 bits per heavy atom. The highest BCUT2D eigenvalue weighted by atomic mass is 19.4. The van der Waals surface area contributed by atoms with Crippen molar-refractivity contribution < 1.29 is 27.5 Å². The highest BCUT2D eigenvalue weighted by molar-refractivity contribution is 5.73. The van der Waals surface area contributed by atoms with Gasteiger partial charge in [0.05, 0.1) is 18.2 Å². The normalized spacial score (nSPS) is 17.3. The van der Waals surface area contributed by atoms with Crippen molar-refractivity contribution in [3.63, 3.8) is 0 Å². The molecule has 0 amide bonds. The third-order valence-electron chi connectivity index (χ3n) is 5.05. The SMILES string of the molecule is O=C(O)C(F)(F)F.c1nc2c(c(NC3CCC3)n1)CCN(Cc1ccoc1)CC2. The predicted octanol–water partition coefficient (Wildman–Crippen LogP) is 3.27. The van der Waals surface area contributed by atoms with Crippen LogP contribution in [0.25, 0.3) is 0 Å². The van der Waals surface area contributed by atoms with Gasteiger partial charge in [-0.3, -0.25) is 4.90 Å². The first-order chi connectivity index (χ1) is 13.8. The van der Waals surface area contributed by atoms with E-state index in [9.17, 15) is 13.2 Å². The molecule has 1 aliphatic heterocycles. The molecule has 158 valence electrons. The van der Waals surface area contributed by atoms with Crippen LogP contribution in [0.5, 0.6) is 0 Å². The fourth-order valence-corrected chi connectivity index (χ4v) is 3.24. The van der Waals surface area contributed by atoms with Crippen molar-refractivity contribution in [1.29, 1.82) is 0 Å². The lowest BCUT2D eigenvalue weighted by atomic mass is 9.93. The topological polar surface area (TPSA) is 91.5 Å². The molecule has 2 aromatic rings. The van der Waals surface area contributed by atoms with E-state index in [1.165, 1.54) is 36.1 Å². The Hall–Kier alpha value is -2.62. The third kappa shape index (κ3) is 5.93. The molecule has 0 saturated heterocycles. The van der Waals surface area contributed by atoms with Crippen molar-refractivity contribution in [2.75, 3.05) is 18.4 Å². The van der Waals surface area contributed by atoms with Crippen LogP contribution in [0.4, 0.5) is 19.0 Å². The number of aliphatic carboxylic acids is 1. The van der Waals surface area contributed by atoms with E-state index in [-0.39, 0.29) is 0 Å². The number of carboxylic acids is 1. The van der Waals surface area contributed by atoms with E-state index in [1.807, 2.05) is 12.3 Å². The third-order valence-corrected chi connectivity index (χ3v) is 5.05. The first kappa shape index (κ1) is 21.1. The molecular weight excluding hydrogens is 389 g/mol. The molecule has 2 aliphatic rings. The molecule has 0 radical (unpaired) electrons. The molecule has 7 nitrogen and oxygen atoms in total. The number of fused-ring (bicyclic) bond motifs is 1. The van der Waals surface area contributed by atoms with Crippen molar-refractivity contribution in [2.45, 2.75) is 50.9 Å². The zero-order valence-corrected chi connectivity index (χ0v) is 15.8. The van der Waals surface area contributed by atoms with Crippen molar-refractivity contribution in [3.8, 4) is 0 Å². The van der Waals surface area contributed by atoms with Crippen LogP contribution in [0, 0.1) is 0 Å². The van der Waals surface area contributed by atoms with E-state index in [2.05, 4.69) is 20.2 Å². The summed E-state index contributed by atoms with van der Waals surface area (Å²) >= 11 is 0. The van der Waals surface area contributed by atoms with Crippen LogP contribution in [0.2, 0.25) is 0 Å². The second kappa shape index (κ2) is 9.25. The molecule has 29 heavy (non-hydrogen) atoms. The number of carbonyl (C=O) groups is 1. The summed E-state index contributed by atoms with van der Waals surface area (Å²) < 4.78 is 36.9. The summed E-state index contributed by atoms with van der Waals surface area (Å²) in [5, 5.41) is 10.7. The number of nitrogens with one attached hydrogen (secondary N) is 1. The first-order valence-corrected chi connectivity index (χ1v) is 9.45. The molecule has 0 bridgehead atoms. The quantitative estimate of drug-likeness (QED) is 0.796. The van der Waals surface area contributed by atoms with E-state index in [0.29, 0.717) is 6.04 Å². The monoisotopic (exact) mass is 412 g/mol. The largest absolute Gasteiger partial charge is 0.490 e. The van der Waals surface area contributed by atoms with Crippen molar-refractivity contribution in [1.82, 2.24) is 14.9 Å². The fraction of sp³-hybridized carbons (Fsp3) is 0.526. The summed E-state index contributed by atoms with van der Waals surface area (Å²) in [7, 11) is 0. The Kier molecular flexibility index (Phi) is 6.73. The molecular formula is C19H23F3N4O3. The first-order valence-electron chi connectivity index (χ1n) is 9.45. The van der Waals surface area contributed by atoms with E-state index in [4.69, 9.17) is 14.3 Å². The van der Waals surface area contributed by atoms with Gasteiger partial charge in [0.25, 0.3) is 0 Å². The molecule has 1 fully saturated rings. The van der Waals surface area contributed by atoms with E-state index < -0.39 is 12.1 Å². The van der Waals surface area contributed by atoms with Gasteiger partial charge in [0.2, 0.25) is 0 Å². The van der Waals surface area contributed by atoms with Gasteiger partial charge in [0.1, 0.15) is 12.1 Å². The Morgan fingerprint density at radius 2 is 2.00 bits per heavy atom. The van der Waals surface area contributed by atoms with E-state index in [0.717, 1.165) is 38.3 Å². The van der Waals surface area contributed by atoms with E-state index in [1.54, 1.807) is 12.6 Å². The number of carboxylic acid groups (broad SMARTS) is 1. The molecule has 1 aliphatic carbocycles. The number of aromatic nitrogens is 2. The van der Waals surface area contributed by atoms with Crippen LogP contribution < -0.4 is 5.32 Å². The van der Waals surface area contributed by atoms with Crippen molar-refractivity contribution in [3.05, 3.63) is 41.7 Å². The molecule has 2 N–H and O–H groups in total. The van der Waals surface area contributed by atoms with Crippen LogP contribution in [0.3, 0.4) is 0 Å². The van der Waals surface area contributed by atoms with Gasteiger partial charge in [-0.15, -0.1) is 0 Å². The number of nitrogens with zero attached hydrogens (tertiary/aromatic N) is 3. The average molecular weight is 412 g/mol. The Labute approximate surface area is 165 Å². The molecule has 0 atom stereocenters. The van der Waals surface area contributed by atoms with Crippen molar-refractivity contribution in [2.24, 2.45) is 0 Å². The number of furan rings is 1. The molecule has 0 aromatic carbocycles. The molecule has 0 spiro atoms. The minimum Gasteiger partial charge on any atom is -0.475 e. The van der Waals surface area contributed by atoms with Gasteiger partial charge in [-0.1, -0.05) is 0 Å².